The normalized spacial score (nSPS) is 17.0. The number of piperidine rings is 1. The zero-order chi connectivity index (χ0) is 20.9. The number of carbonyl (C=O) groups excluding carboxylic acids is 1. The fourth-order valence-corrected chi connectivity index (χ4v) is 4.70. The van der Waals surface area contributed by atoms with E-state index in [4.69, 9.17) is 11.6 Å². The predicted octanol–water partition coefficient (Wildman–Crippen LogP) is 2.79. The summed E-state index contributed by atoms with van der Waals surface area (Å²) in [7, 11) is -3.78. The number of nitrogens with one attached hydrogen (secondary N) is 2. The molecule has 156 valence electrons. The molecule has 1 unspecified atom stereocenters. The van der Waals surface area contributed by atoms with Crippen LogP contribution in [0.4, 0.5) is 0 Å². The average Bonchev–Trinajstić information content (AvgIpc) is 2.70. The molecule has 1 heterocycles. The lowest BCUT2D eigenvalue weighted by molar-refractivity contribution is -0.123. The van der Waals surface area contributed by atoms with E-state index in [1.165, 1.54) is 29.8 Å². The van der Waals surface area contributed by atoms with Gasteiger partial charge in [0.15, 0.2) is 0 Å². The van der Waals surface area contributed by atoms with E-state index in [-0.39, 0.29) is 16.8 Å². The van der Waals surface area contributed by atoms with Gasteiger partial charge in [0.25, 0.3) is 0 Å². The molecule has 1 atom stereocenters. The molecule has 2 aromatic rings. The molecular formula is C21H26ClN3O3S. The average molecular weight is 436 g/mol. The summed E-state index contributed by atoms with van der Waals surface area (Å²) in [6, 6.07) is 15.3. The third kappa shape index (κ3) is 6.27. The van der Waals surface area contributed by atoms with E-state index in [2.05, 4.69) is 27.1 Å². The zero-order valence-electron chi connectivity index (χ0n) is 16.3. The number of benzene rings is 2. The minimum absolute atomic E-state index is 0.0528. The van der Waals surface area contributed by atoms with Gasteiger partial charge in [-0.2, -0.15) is 4.72 Å². The highest BCUT2D eigenvalue weighted by Crippen LogP contribution is 2.16. The summed E-state index contributed by atoms with van der Waals surface area (Å²) in [6.07, 6.45) is 1.68. The molecule has 0 bridgehead atoms. The molecular weight excluding hydrogens is 410 g/mol. The number of hydrogen-bond donors (Lipinski definition) is 2. The second-order valence-electron chi connectivity index (χ2n) is 7.34. The monoisotopic (exact) mass is 435 g/mol. The van der Waals surface area contributed by atoms with Crippen LogP contribution in [0.5, 0.6) is 0 Å². The van der Waals surface area contributed by atoms with E-state index in [0.717, 1.165) is 32.5 Å². The first-order valence-corrected chi connectivity index (χ1v) is 11.5. The summed E-state index contributed by atoms with van der Waals surface area (Å²) < 4.78 is 27.3. The topological polar surface area (TPSA) is 78.5 Å². The lowest BCUT2D eigenvalue weighted by Gasteiger charge is -2.33. The van der Waals surface area contributed by atoms with Gasteiger partial charge in [0.1, 0.15) is 0 Å². The molecule has 6 nitrogen and oxygen atoms in total. The number of sulfonamides is 1. The Labute approximate surface area is 177 Å². The van der Waals surface area contributed by atoms with Crippen LogP contribution in [0.25, 0.3) is 0 Å². The van der Waals surface area contributed by atoms with Crippen LogP contribution in [0.15, 0.2) is 59.5 Å². The molecule has 1 fully saturated rings. The number of rotatable bonds is 7. The molecule has 1 aliphatic heterocycles. The van der Waals surface area contributed by atoms with E-state index < -0.39 is 16.1 Å². The number of hydrogen-bond acceptors (Lipinski definition) is 4. The molecule has 29 heavy (non-hydrogen) atoms. The first-order valence-electron chi connectivity index (χ1n) is 9.68. The van der Waals surface area contributed by atoms with Gasteiger partial charge in [-0.1, -0.05) is 41.9 Å². The fourth-order valence-electron chi connectivity index (χ4n) is 3.37. The molecule has 2 N–H and O–H groups in total. The second-order valence-corrected chi connectivity index (χ2v) is 9.49. The molecule has 1 saturated heterocycles. The number of likely N-dealkylation sites (tertiary alicyclic amines) is 1. The smallest absolute Gasteiger partial charge is 0.241 e. The number of amides is 1. The van der Waals surface area contributed by atoms with Crippen LogP contribution in [0.1, 0.15) is 25.3 Å². The summed E-state index contributed by atoms with van der Waals surface area (Å²) in [5.41, 5.74) is 1.28. The van der Waals surface area contributed by atoms with Crippen molar-refractivity contribution < 1.29 is 13.2 Å². The summed E-state index contributed by atoms with van der Waals surface area (Å²) in [4.78, 5) is 14.9. The van der Waals surface area contributed by atoms with Gasteiger partial charge in [0, 0.05) is 30.7 Å². The van der Waals surface area contributed by atoms with Crippen LogP contribution < -0.4 is 10.0 Å². The molecule has 3 rings (SSSR count). The first-order chi connectivity index (χ1) is 13.8. The van der Waals surface area contributed by atoms with Gasteiger partial charge in [-0.3, -0.25) is 9.69 Å². The molecule has 0 aromatic heterocycles. The van der Waals surface area contributed by atoms with Gasteiger partial charge < -0.3 is 5.32 Å². The number of nitrogens with zero attached hydrogens (tertiary/aromatic N) is 1. The fraction of sp³-hybridized carbons (Fsp3) is 0.381. The molecule has 8 heteroatoms. The Balaban J connectivity index is 1.47. The largest absolute Gasteiger partial charge is 0.352 e. The number of halogens is 1. The second kappa shape index (κ2) is 9.71. The van der Waals surface area contributed by atoms with Crippen molar-refractivity contribution >= 4 is 27.5 Å². The van der Waals surface area contributed by atoms with Crippen molar-refractivity contribution in [2.24, 2.45) is 0 Å². The Morgan fingerprint density at radius 1 is 1.10 bits per heavy atom. The standard InChI is InChI=1S/C21H26ClN3O3S/c1-16(24-29(27,28)20-9-7-18(22)8-10-20)21(26)23-19-11-13-25(14-12-19)15-17-5-3-2-4-6-17/h2-10,16,19,24H,11-15H2,1H3,(H,23,26). The highest BCUT2D eigenvalue weighted by molar-refractivity contribution is 7.89. The molecule has 1 amide bonds. The lowest BCUT2D eigenvalue weighted by Crippen LogP contribution is -2.50. The first kappa shape index (κ1) is 21.8. The SMILES string of the molecule is CC(NS(=O)(=O)c1ccc(Cl)cc1)C(=O)NC1CCN(Cc2ccccc2)CC1. The van der Waals surface area contributed by atoms with Crippen molar-refractivity contribution in [2.75, 3.05) is 13.1 Å². The lowest BCUT2D eigenvalue weighted by atomic mass is 10.0. The molecule has 1 aliphatic rings. The van der Waals surface area contributed by atoms with Crippen LogP contribution in [0, 0.1) is 0 Å². The van der Waals surface area contributed by atoms with Crippen LogP contribution in [-0.4, -0.2) is 44.4 Å². The highest BCUT2D eigenvalue weighted by atomic mass is 35.5. The minimum atomic E-state index is -3.78. The maximum atomic E-state index is 12.5. The van der Waals surface area contributed by atoms with E-state index in [1.54, 1.807) is 6.92 Å². The molecule has 0 saturated carbocycles. The van der Waals surface area contributed by atoms with E-state index in [1.807, 2.05) is 18.2 Å². The Morgan fingerprint density at radius 3 is 2.34 bits per heavy atom. The Bertz CT molecular complexity index is 912. The quantitative estimate of drug-likeness (QED) is 0.701. The maximum absolute atomic E-state index is 12.5. The highest BCUT2D eigenvalue weighted by Gasteiger charge is 2.26. The van der Waals surface area contributed by atoms with Crippen LogP contribution >= 0.6 is 11.6 Å². The summed E-state index contributed by atoms with van der Waals surface area (Å²) in [5.74, 6) is -0.316. The van der Waals surface area contributed by atoms with Gasteiger partial charge in [-0.05, 0) is 49.6 Å². The van der Waals surface area contributed by atoms with Crippen molar-refractivity contribution in [3.05, 3.63) is 65.2 Å². The Kier molecular flexibility index (Phi) is 7.29. The van der Waals surface area contributed by atoms with Crippen molar-refractivity contribution in [3.8, 4) is 0 Å². The van der Waals surface area contributed by atoms with Crippen LogP contribution in [0.2, 0.25) is 5.02 Å². The number of carbonyl (C=O) groups is 1. The summed E-state index contributed by atoms with van der Waals surface area (Å²) in [5, 5.41) is 3.42. The Morgan fingerprint density at radius 2 is 1.72 bits per heavy atom. The Hall–Kier alpha value is -1.93. The van der Waals surface area contributed by atoms with Gasteiger partial charge >= 0.3 is 0 Å². The van der Waals surface area contributed by atoms with E-state index in [9.17, 15) is 13.2 Å². The van der Waals surface area contributed by atoms with Gasteiger partial charge in [0.05, 0.1) is 10.9 Å². The van der Waals surface area contributed by atoms with Crippen LogP contribution in [0.3, 0.4) is 0 Å². The van der Waals surface area contributed by atoms with Crippen LogP contribution in [-0.2, 0) is 21.4 Å². The predicted molar refractivity (Wildman–Crippen MR) is 114 cm³/mol. The van der Waals surface area contributed by atoms with Gasteiger partial charge in [-0.15, -0.1) is 0 Å². The van der Waals surface area contributed by atoms with Gasteiger partial charge in [-0.25, -0.2) is 8.42 Å². The van der Waals surface area contributed by atoms with E-state index >= 15 is 0 Å². The van der Waals surface area contributed by atoms with Crippen molar-refractivity contribution in [1.82, 2.24) is 14.9 Å². The third-order valence-electron chi connectivity index (χ3n) is 5.03. The maximum Gasteiger partial charge on any atom is 0.241 e. The van der Waals surface area contributed by atoms with Gasteiger partial charge in [0.2, 0.25) is 15.9 Å². The minimum Gasteiger partial charge on any atom is -0.352 e. The molecule has 2 aromatic carbocycles. The molecule has 0 radical (unpaired) electrons. The summed E-state index contributed by atoms with van der Waals surface area (Å²) >= 11 is 5.80. The van der Waals surface area contributed by atoms with Crippen molar-refractivity contribution in [1.29, 1.82) is 0 Å². The van der Waals surface area contributed by atoms with E-state index in [0.29, 0.717) is 5.02 Å². The molecule has 0 spiro atoms. The van der Waals surface area contributed by atoms with Crippen molar-refractivity contribution in [2.45, 2.75) is 43.3 Å². The summed E-state index contributed by atoms with van der Waals surface area (Å²) in [6.45, 7) is 4.24. The van der Waals surface area contributed by atoms with Crippen molar-refractivity contribution in [3.63, 3.8) is 0 Å². The third-order valence-corrected chi connectivity index (χ3v) is 6.84. The zero-order valence-corrected chi connectivity index (χ0v) is 17.9. The molecule has 0 aliphatic carbocycles.